The molecule has 1 heterocycles. The molecule has 0 aliphatic carbocycles. The Kier molecular flexibility index (Phi) is 7.26. The largest absolute Gasteiger partial charge is 0.508 e. The molecule has 1 atom stereocenters. The van der Waals surface area contributed by atoms with E-state index in [1.165, 1.54) is 12.1 Å². The first-order valence-electron chi connectivity index (χ1n) is 9.24. The number of carbonyl (C=O) groups excluding carboxylic acids is 2. The topological polar surface area (TPSA) is 93.1 Å². The van der Waals surface area contributed by atoms with Crippen molar-refractivity contribution in [2.45, 2.75) is 45.3 Å². The van der Waals surface area contributed by atoms with Crippen molar-refractivity contribution in [1.29, 1.82) is 0 Å². The third-order valence-corrected chi connectivity index (χ3v) is 4.79. The van der Waals surface area contributed by atoms with E-state index in [4.69, 9.17) is 0 Å². The van der Waals surface area contributed by atoms with Crippen LogP contribution in [0.4, 0.5) is 4.79 Å². The van der Waals surface area contributed by atoms with Crippen LogP contribution in [0.25, 0.3) is 0 Å². The number of phenols is 1. The van der Waals surface area contributed by atoms with Gasteiger partial charge in [0.1, 0.15) is 5.75 Å². The van der Waals surface area contributed by atoms with Gasteiger partial charge in [-0.1, -0.05) is 19.1 Å². The van der Waals surface area contributed by atoms with Crippen LogP contribution in [0.2, 0.25) is 0 Å². The van der Waals surface area contributed by atoms with Gasteiger partial charge in [0, 0.05) is 32.1 Å². The van der Waals surface area contributed by atoms with Crippen LogP contribution < -0.4 is 5.32 Å². The Morgan fingerprint density at radius 1 is 1.31 bits per heavy atom. The summed E-state index contributed by atoms with van der Waals surface area (Å²) >= 11 is 0. The van der Waals surface area contributed by atoms with Gasteiger partial charge in [-0.3, -0.25) is 4.79 Å². The smallest absolute Gasteiger partial charge is 0.317 e. The van der Waals surface area contributed by atoms with Gasteiger partial charge in [-0.05, 0) is 37.5 Å². The maximum Gasteiger partial charge on any atom is 0.317 e. The van der Waals surface area contributed by atoms with Crippen LogP contribution in [0.3, 0.4) is 0 Å². The number of amides is 3. The number of urea groups is 1. The number of carbonyl (C=O) groups is 2. The average Bonchev–Trinajstić information content (AvgIpc) is 2.65. The lowest BCUT2D eigenvalue weighted by Gasteiger charge is -2.34. The summed E-state index contributed by atoms with van der Waals surface area (Å²) in [6.07, 6.45) is 1.12. The first-order chi connectivity index (χ1) is 12.4. The molecule has 2 rings (SSSR count). The fourth-order valence-corrected chi connectivity index (χ4v) is 3.16. The SMILES string of the molecule is CCC(=O)N1CCC(NC(=O)N(CC)CC(O)c2cccc(O)c2)CC1. The minimum absolute atomic E-state index is 0.0374. The molecule has 1 saturated heterocycles. The second kappa shape index (κ2) is 9.43. The Balaban J connectivity index is 1.86. The van der Waals surface area contributed by atoms with Crippen molar-refractivity contribution in [3.8, 4) is 5.75 Å². The summed E-state index contributed by atoms with van der Waals surface area (Å²) < 4.78 is 0. The zero-order valence-electron chi connectivity index (χ0n) is 15.5. The van der Waals surface area contributed by atoms with E-state index in [9.17, 15) is 19.8 Å². The van der Waals surface area contributed by atoms with Crippen LogP contribution in [0.15, 0.2) is 24.3 Å². The van der Waals surface area contributed by atoms with Gasteiger partial charge >= 0.3 is 6.03 Å². The third kappa shape index (κ3) is 5.36. The number of piperidine rings is 1. The molecule has 1 unspecified atom stereocenters. The van der Waals surface area contributed by atoms with Crippen LogP contribution in [0.5, 0.6) is 5.75 Å². The normalized spacial score (nSPS) is 16.2. The van der Waals surface area contributed by atoms with E-state index in [1.54, 1.807) is 17.0 Å². The number of phenolic OH excluding ortho intramolecular Hbond substituents is 1. The highest BCUT2D eigenvalue weighted by Crippen LogP contribution is 2.19. The molecule has 3 amide bonds. The molecule has 0 radical (unpaired) electrons. The van der Waals surface area contributed by atoms with E-state index in [2.05, 4.69) is 5.32 Å². The number of aliphatic hydroxyl groups is 1. The number of aliphatic hydroxyl groups excluding tert-OH is 1. The summed E-state index contributed by atoms with van der Waals surface area (Å²) in [6, 6.07) is 6.24. The van der Waals surface area contributed by atoms with Crippen molar-refractivity contribution < 1.29 is 19.8 Å². The number of rotatable bonds is 6. The summed E-state index contributed by atoms with van der Waals surface area (Å²) in [5.74, 6) is 0.238. The molecule has 26 heavy (non-hydrogen) atoms. The van der Waals surface area contributed by atoms with Gasteiger partial charge in [0.25, 0.3) is 0 Å². The van der Waals surface area contributed by atoms with Crippen LogP contribution in [-0.4, -0.2) is 64.2 Å². The minimum atomic E-state index is -0.864. The Hall–Kier alpha value is -2.28. The number of aromatic hydroxyl groups is 1. The molecular weight excluding hydrogens is 334 g/mol. The fraction of sp³-hybridized carbons (Fsp3) is 0.579. The minimum Gasteiger partial charge on any atom is -0.508 e. The average molecular weight is 363 g/mol. The lowest BCUT2D eigenvalue weighted by Crippen LogP contribution is -2.50. The molecule has 1 aliphatic rings. The highest BCUT2D eigenvalue weighted by molar-refractivity contribution is 5.76. The summed E-state index contributed by atoms with van der Waals surface area (Å²) in [5, 5.41) is 22.9. The van der Waals surface area contributed by atoms with E-state index in [1.807, 2.05) is 18.7 Å². The Labute approximate surface area is 154 Å². The van der Waals surface area contributed by atoms with Crippen molar-refractivity contribution >= 4 is 11.9 Å². The van der Waals surface area contributed by atoms with Gasteiger partial charge in [0.15, 0.2) is 0 Å². The van der Waals surface area contributed by atoms with Gasteiger partial charge in [-0.25, -0.2) is 4.79 Å². The maximum atomic E-state index is 12.5. The van der Waals surface area contributed by atoms with Gasteiger partial charge in [0.05, 0.1) is 12.6 Å². The van der Waals surface area contributed by atoms with Crippen molar-refractivity contribution in [3.05, 3.63) is 29.8 Å². The molecule has 3 N–H and O–H groups in total. The number of hydrogen-bond donors (Lipinski definition) is 3. The zero-order valence-corrected chi connectivity index (χ0v) is 15.5. The number of benzene rings is 1. The maximum absolute atomic E-state index is 12.5. The van der Waals surface area contributed by atoms with Crippen molar-refractivity contribution in [1.82, 2.24) is 15.1 Å². The fourth-order valence-electron chi connectivity index (χ4n) is 3.16. The van der Waals surface area contributed by atoms with Crippen LogP contribution in [-0.2, 0) is 4.79 Å². The molecule has 0 spiro atoms. The molecule has 1 aromatic rings. The Bertz CT molecular complexity index is 615. The molecular formula is C19H29N3O4. The monoisotopic (exact) mass is 363 g/mol. The number of likely N-dealkylation sites (N-methyl/N-ethyl adjacent to an activating group) is 1. The molecule has 7 nitrogen and oxygen atoms in total. The second-order valence-electron chi connectivity index (χ2n) is 6.61. The van der Waals surface area contributed by atoms with Gasteiger partial charge in [-0.15, -0.1) is 0 Å². The summed E-state index contributed by atoms with van der Waals surface area (Å²) in [5.41, 5.74) is 0.572. The Morgan fingerprint density at radius 3 is 2.58 bits per heavy atom. The van der Waals surface area contributed by atoms with E-state index in [0.29, 0.717) is 31.6 Å². The second-order valence-corrected chi connectivity index (χ2v) is 6.61. The van der Waals surface area contributed by atoms with Gasteiger partial charge < -0.3 is 25.3 Å². The number of nitrogens with zero attached hydrogens (tertiary/aromatic N) is 2. The summed E-state index contributed by atoms with van der Waals surface area (Å²) in [6.45, 7) is 5.66. The first-order valence-corrected chi connectivity index (χ1v) is 9.24. The molecule has 0 bridgehead atoms. The Morgan fingerprint density at radius 2 is 2.00 bits per heavy atom. The predicted octanol–water partition coefficient (Wildman–Crippen LogP) is 1.86. The standard InChI is InChI=1S/C19H29N3O4/c1-3-18(25)22-10-8-15(9-11-22)20-19(26)21(4-2)13-17(24)14-6-5-7-16(23)12-14/h5-7,12,15,17,23-24H,3-4,8-11,13H2,1-2H3,(H,20,26). The lowest BCUT2D eigenvalue weighted by atomic mass is 10.0. The van der Waals surface area contributed by atoms with E-state index in [0.717, 1.165) is 12.8 Å². The first kappa shape index (κ1) is 20.0. The molecule has 0 aromatic heterocycles. The van der Waals surface area contributed by atoms with E-state index in [-0.39, 0.29) is 30.3 Å². The molecule has 144 valence electrons. The number of likely N-dealkylation sites (tertiary alicyclic amines) is 1. The molecule has 1 aliphatic heterocycles. The van der Waals surface area contributed by atoms with Crippen molar-refractivity contribution in [2.75, 3.05) is 26.2 Å². The zero-order chi connectivity index (χ0) is 19.1. The van der Waals surface area contributed by atoms with Crippen molar-refractivity contribution in [3.63, 3.8) is 0 Å². The van der Waals surface area contributed by atoms with Crippen LogP contribution in [0.1, 0.15) is 44.8 Å². The third-order valence-electron chi connectivity index (χ3n) is 4.79. The molecule has 1 fully saturated rings. The van der Waals surface area contributed by atoms with Crippen molar-refractivity contribution in [2.24, 2.45) is 0 Å². The van der Waals surface area contributed by atoms with Gasteiger partial charge in [-0.2, -0.15) is 0 Å². The highest BCUT2D eigenvalue weighted by atomic mass is 16.3. The molecule has 1 aromatic carbocycles. The number of nitrogens with one attached hydrogen (secondary N) is 1. The molecule has 7 heteroatoms. The molecule has 0 saturated carbocycles. The van der Waals surface area contributed by atoms with Crippen LogP contribution in [0, 0.1) is 0 Å². The van der Waals surface area contributed by atoms with Gasteiger partial charge in [0.2, 0.25) is 5.91 Å². The summed E-state index contributed by atoms with van der Waals surface area (Å²) in [4.78, 5) is 27.6. The predicted molar refractivity (Wildman–Crippen MR) is 98.7 cm³/mol. The number of hydrogen-bond acceptors (Lipinski definition) is 4. The quantitative estimate of drug-likeness (QED) is 0.719. The summed E-state index contributed by atoms with van der Waals surface area (Å²) in [7, 11) is 0. The lowest BCUT2D eigenvalue weighted by molar-refractivity contribution is -0.131. The highest BCUT2D eigenvalue weighted by Gasteiger charge is 2.25. The van der Waals surface area contributed by atoms with E-state index >= 15 is 0 Å². The van der Waals surface area contributed by atoms with Crippen LogP contribution >= 0.6 is 0 Å². The van der Waals surface area contributed by atoms with E-state index < -0.39 is 6.10 Å².